The van der Waals surface area contributed by atoms with Crippen LogP contribution in [0.4, 0.5) is 0 Å². The van der Waals surface area contributed by atoms with Gasteiger partial charge >= 0.3 is 5.97 Å². The lowest BCUT2D eigenvalue weighted by Crippen LogP contribution is -2.35. The monoisotopic (exact) mass is 262 g/mol. The highest BCUT2D eigenvalue weighted by Crippen LogP contribution is 2.02. The molecule has 0 atom stereocenters. The second-order valence-corrected chi connectivity index (χ2v) is 3.96. The molecule has 0 fully saturated rings. The Hall–Kier alpha value is -2.30. The molecule has 1 amide bonds. The standard InChI is InChI=1S/C14H18N2O3/c1-4-8-16(9-5-2)13(17)11-19-14(18)12-7-6-10-15(12)3/h4-7,10H,1-2,8-9,11H2,3H3. The van der Waals surface area contributed by atoms with E-state index in [1.165, 1.54) is 4.90 Å². The molecule has 0 aromatic carbocycles. The molecule has 102 valence electrons. The van der Waals surface area contributed by atoms with Crippen LogP contribution in [0.3, 0.4) is 0 Å². The summed E-state index contributed by atoms with van der Waals surface area (Å²) in [6, 6.07) is 3.37. The van der Waals surface area contributed by atoms with E-state index in [1.54, 1.807) is 42.1 Å². The predicted molar refractivity (Wildman–Crippen MR) is 72.7 cm³/mol. The quantitative estimate of drug-likeness (QED) is 0.551. The van der Waals surface area contributed by atoms with Crippen molar-refractivity contribution in [2.24, 2.45) is 7.05 Å². The molecule has 0 unspecified atom stereocenters. The topological polar surface area (TPSA) is 51.5 Å². The van der Waals surface area contributed by atoms with E-state index in [2.05, 4.69) is 13.2 Å². The number of hydrogen-bond acceptors (Lipinski definition) is 3. The zero-order chi connectivity index (χ0) is 14.3. The molecule has 0 spiro atoms. The van der Waals surface area contributed by atoms with Gasteiger partial charge in [-0.1, -0.05) is 12.2 Å². The van der Waals surface area contributed by atoms with E-state index in [4.69, 9.17) is 4.74 Å². The SMILES string of the molecule is C=CCN(CC=C)C(=O)COC(=O)c1cccn1C. The van der Waals surface area contributed by atoms with Gasteiger partial charge in [0.05, 0.1) is 0 Å². The summed E-state index contributed by atoms with van der Waals surface area (Å²) in [7, 11) is 1.74. The molecule has 5 heteroatoms. The molecule has 0 saturated carbocycles. The number of rotatable bonds is 7. The molecular formula is C14H18N2O3. The van der Waals surface area contributed by atoms with Gasteiger partial charge in [0.25, 0.3) is 5.91 Å². The first-order chi connectivity index (χ1) is 9.10. The normalized spacial score (nSPS) is 9.74. The van der Waals surface area contributed by atoms with Gasteiger partial charge in [0, 0.05) is 26.3 Å². The van der Waals surface area contributed by atoms with Crippen molar-refractivity contribution in [1.29, 1.82) is 0 Å². The van der Waals surface area contributed by atoms with Crippen LogP contribution in [0.25, 0.3) is 0 Å². The number of aryl methyl sites for hydroxylation is 1. The van der Waals surface area contributed by atoms with Crippen LogP contribution in [-0.4, -0.2) is 41.0 Å². The van der Waals surface area contributed by atoms with E-state index in [0.717, 1.165) is 0 Å². The van der Waals surface area contributed by atoms with Crippen LogP contribution in [0.15, 0.2) is 43.6 Å². The van der Waals surface area contributed by atoms with Gasteiger partial charge in [-0.2, -0.15) is 0 Å². The highest BCUT2D eigenvalue weighted by atomic mass is 16.5. The summed E-state index contributed by atoms with van der Waals surface area (Å²) in [5.41, 5.74) is 0.409. The molecule has 1 rings (SSSR count). The highest BCUT2D eigenvalue weighted by Gasteiger charge is 2.15. The second kappa shape index (κ2) is 7.20. The minimum absolute atomic E-state index is 0.276. The van der Waals surface area contributed by atoms with E-state index in [-0.39, 0.29) is 12.5 Å². The van der Waals surface area contributed by atoms with Gasteiger partial charge in [-0.25, -0.2) is 4.79 Å². The molecule has 0 aliphatic carbocycles. The molecule has 0 aliphatic rings. The molecule has 0 radical (unpaired) electrons. The van der Waals surface area contributed by atoms with E-state index in [0.29, 0.717) is 18.8 Å². The number of esters is 1. The summed E-state index contributed by atoms with van der Waals surface area (Å²) >= 11 is 0. The van der Waals surface area contributed by atoms with Crippen molar-refractivity contribution in [3.8, 4) is 0 Å². The summed E-state index contributed by atoms with van der Waals surface area (Å²) in [5.74, 6) is -0.791. The summed E-state index contributed by atoms with van der Waals surface area (Å²) < 4.78 is 6.62. The van der Waals surface area contributed by atoms with Crippen LogP contribution in [-0.2, 0) is 16.6 Å². The first-order valence-electron chi connectivity index (χ1n) is 5.88. The van der Waals surface area contributed by atoms with Gasteiger partial charge in [0.1, 0.15) is 5.69 Å². The number of aromatic nitrogens is 1. The van der Waals surface area contributed by atoms with Gasteiger partial charge in [-0.3, -0.25) is 4.79 Å². The number of nitrogens with zero attached hydrogens (tertiary/aromatic N) is 2. The minimum Gasteiger partial charge on any atom is -0.451 e. The molecule has 0 saturated heterocycles. The molecular weight excluding hydrogens is 244 g/mol. The summed E-state index contributed by atoms with van der Waals surface area (Å²) in [6.45, 7) is 7.65. The molecule has 5 nitrogen and oxygen atoms in total. The van der Waals surface area contributed by atoms with Crippen molar-refractivity contribution in [2.45, 2.75) is 0 Å². The average molecular weight is 262 g/mol. The number of carbonyl (C=O) groups is 2. The third-order valence-corrected chi connectivity index (χ3v) is 2.53. The van der Waals surface area contributed by atoms with E-state index in [1.807, 2.05) is 0 Å². The molecule has 1 aromatic heterocycles. The first kappa shape index (κ1) is 14.8. The van der Waals surface area contributed by atoms with Crippen molar-refractivity contribution in [2.75, 3.05) is 19.7 Å². The summed E-state index contributed by atoms with van der Waals surface area (Å²) in [6.07, 6.45) is 4.96. The lowest BCUT2D eigenvalue weighted by molar-refractivity contribution is -0.133. The van der Waals surface area contributed by atoms with Crippen molar-refractivity contribution in [3.63, 3.8) is 0 Å². The fourth-order valence-electron chi connectivity index (χ4n) is 1.56. The Labute approximate surface area is 112 Å². The van der Waals surface area contributed by atoms with Crippen LogP contribution >= 0.6 is 0 Å². The molecule has 1 heterocycles. The van der Waals surface area contributed by atoms with Crippen LogP contribution < -0.4 is 0 Å². The maximum Gasteiger partial charge on any atom is 0.355 e. The van der Waals surface area contributed by atoms with Crippen molar-refractivity contribution in [1.82, 2.24) is 9.47 Å². The van der Waals surface area contributed by atoms with Crippen molar-refractivity contribution < 1.29 is 14.3 Å². The Morgan fingerprint density at radius 1 is 1.37 bits per heavy atom. The zero-order valence-corrected chi connectivity index (χ0v) is 11.0. The maximum atomic E-state index is 11.8. The van der Waals surface area contributed by atoms with Crippen LogP contribution in [0.1, 0.15) is 10.5 Å². The minimum atomic E-state index is -0.516. The zero-order valence-electron chi connectivity index (χ0n) is 11.0. The van der Waals surface area contributed by atoms with Gasteiger partial charge < -0.3 is 14.2 Å². The van der Waals surface area contributed by atoms with Crippen molar-refractivity contribution in [3.05, 3.63) is 49.3 Å². The second-order valence-electron chi connectivity index (χ2n) is 3.96. The third-order valence-electron chi connectivity index (χ3n) is 2.53. The Bertz CT molecular complexity index is 467. The number of ether oxygens (including phenoxy) is 1. The first-order valence-corrected chi connectivity index (χ1v) is 5.88. The van der Waals surface area contributed by atoms with E-state index >= 15 is 0 Å². The van der Waals surface area contributed by atoms with E-state index < -0.39 is 5.97 Å². The molecule has 0 bridgehead atoms. The van der Waals surface area contributed by atoms with Crippen molar-refractivity contribution >= 4 is 11.9 Å². The molecule has 1 aromatic rings. The third kappa shape index (κ3) is 4.13. The molecule has 0 N–H and O–H groups in total. The fourth-order valence-corrected chi connectivity index (χ4v) is 1.56. The van der Waals surface area contributed by atoms with Crippen LogP contribution in [0.2, 0.25) is 0 Å². The highest BCUT2D eigenvalue weighted by molar-refractivity contribution is 5.90. The van der Waals surface area contributed by atoms with E-state index in [9.17, 15) is 9.59 Å². The Balaban J connectivity index is 2.53. The predicted octanol–water partition coefficient (Wildman–Crippen LogP) is 1.38. The lowest BCUT2D eigenvalue weighted by Gasteiger charge is -2.18. The van der Waals surface area contributed by atoms with Gasteiger partial charge in [0.15, 0.2) is 6.61 Å². The Kier molecular flexibility index (Phi) is 5.60. The Morgan fingerprint density at radius 2 is 2.00 bits per heavy atom. The lowest BCUT2D eigenvalue weighted by atomic mass is 10.4. The molecule has 19 heavy (non-hydrogen) atoms. The summed E-state index contributed by atoms with van der Waals surface area (Å²) in [4.78, 5) is 25.0. The number of carbonyl (C=O) groups excluding carboxylic acids is 2. The van der Waals surface area contributed by atoms with Gasteiger partial charge in [-0.15, -0.1) is 13.2 Å². The number of amides is 1. The summed E-state index contributed by atoms with van der Waals surface area (Å²) in [5, 5.41) is 0. The van der Waals surface area contributed by atoms with Crippen LogP contribution in [0, 0.1) is 0 Å². The maximum absolute atomic E-state index is 11.8. The smallest absolute Gasteiger partial charge is 0.355 e. The number of hydrogen-bond donors (Lipinski definition) is 0. The average Bonchev–Trinajstić information content (AvgIpc) is 2.81. The largest absolute Gasteiger partial charge is 0.451 e. The Morgan fingerprint density at radius 3 is 2.47 bits per heavy atom. The molecule has 0 aliphatic heterocycles. The van der Waals surface area contributed by atoms with Gasteiger partial charge in [0.2, 0.25) is 0 Å². The fraction of sp³-hybridized carbons (Fsp3) is 0.286. The van der Waals surface area contributed by atoms with Crippen LogP contribution in [0.5, 0.6) is 0 Å². The van der Waals surface area contributed by atoms with Gasteiger partial charge in [-0.05, 0) is 12.1 Å².